The van der Waals surface area contributed by atoms with Gasteiger partial charge in [0.05, 0.1) is 12.3 Å². The van der Waals surface area contributed by atoms with Crippen molar-refractivity contribution in [2.45, 2.75) is 52.1 Å². The minimum absolute atomic E-state index is 0.184. The summed E-state index contributed by atoms with van der Waals surface area (Å²) in [4.78, 5) is 13.4. The summed E-state index contributed by atoms with van der Waals surface area (Å²) in [5.74, 6) is 0. The minimum Gasteiger partial charge on any atom is -0.450 e. The van der Waals surface area contributed by atoms with E-state index in [2.05, 4.69) is 28.5 Å². The Morgan fingerprint density at radius 2 is 2.29 bits per heavy atom. The zero-order valence-corrected chi connectivity index (χ0v) is 13.2. The maximum Gasteiger partial charge on any atom is 0.409 e. The summed E-state index contributed by atoms with van der Waals surface area (Å²) < 4.78 is 5.03. The third-order valence-corrected chi connectivity index (χ3v) is 3.82. The number of piperidine rings is 1. The van der Waals surface area contributed by atoms with E-state index in [0.717, 1.165) is 43.7 Å². The van der Waals surface area contributed by atoms with E-state index in [0.29, 0.717) is 18.7 Å². The van der Waals surface area contributed by atoms with Crippen LogP contribution >= 0.6 is 0 Å². The van der Waals surface area contributed by atoms with Crippen LogP contribution in [0.15, 0.2) is 6.07 Å². The Bertz CT molecular complexity index is 452. The summed E-state index contributed by atoms with van der Waals surface area (Å²) in [7, 11) is 0. The number of carbonyl (C=O) groups is 1. The molecule has 0 saturated carbocycles. The fourth-order valence-corrected chi connectivity index (χ4v) is 2.80. The number of hydrogen-bond acceptors (Lipinski definition) is 4. The third-order valence-electron chi connectivity index (χ3n) is 3.82. The second kappa shape index (κ2) is 7.45. The Balaban J connectivity index is 1.71. The third kappa shape index (κ3) is 4.74. The molecule has 118 valence electrons. The molecule has 2 heterocycles. The van der Waals surface area contributed by atoms with Crippen LogP contribution in [0.5, 0.6) is 0 Å². The predicted molar refractivity (Wildman–Crippen MR) is 81.2 cm³/mol. The number of nitrogens with one attached hydrogen (secondary N) is 2. The lowest BCUT2D eigenvalue weighted by molar-refractivity contribution is 0.0944. The number of carbonyl (C=O) groups excluding carboxylic acids is 1. The van der Waals surface area contributed by atoms with Gasteiger partial charge in [-0.15, -0.1) is 0 Å². The van der Waals surface area contributed by atoms with Crippen molar-refractivity contribution in [3.63, 3.8) is 0 Å². The maximum atomic E-state index is 11.6. The van der Waals surface area contributed by atoms with Crippen molar-refractivity contribution in [3.05, 3.63) is 17.5 Å². The first-order chi connectivity index (χ1) is 10.1. The molecule has 1 aliphatic rings. The first-order valence-corrected chi connectivity index (χ1v) is 7.77. The van der Waals surface area contributed by atoms with Crippen molar-refractivity contribution in [2.75, 3.05) is 19.7 Å². The Hall–Kier alpha value is -1.56. The van der Waals surface area contributed by atoms with Gasteiger partial charge < -0.3 is 15.0 Å². The molecule has 0 aromatic carbocycles. The van der Waals surface area contributed by atoms with E-state index in [4.69, 9.17) is 4.74 Å². The van der Waals surface area contributed by atoms with E-state index >= 15 is 0 Å². The molecule has 1 saturated heterocycles. The number of aromatic nitrogens is 2. The van der Waals surface area contributed by atoms with E-state index in [1.165, 1.54) is 0 Å². The van der Waals surface area contributed by atoms with Gasteiger partial charge in [0.25, 0.3) is 0 Å². The zero-order valence-electron chi connectivity index (χ0n) is 13.2. The normalized spacial score (nSPS) is 17.8. The second-order valence-corrected chi connectivity index (χ2v) is 5.77. The Morgan fingerprint density at radius 3 is 2.86 bits per heavy atom. The second-order valence-electron chi connectivity index (χ2n) is 5.77. The number of H-pyrrole nitrogens is 1. The number of ether oxygens (including phenoxy) is 1. The van der Waals surface area contributed by atoms with Crippen LogP contribution in [0.25, 0.3) is 0 Å². The quantitative estimate of drug-likeness (QED) is 0.869. The predicted octanol–water partition coefficient (Wildman–Crippen LogP) is 1.86. The molecule has 0 radical (unpaired) electrons. The Morgan fingerprint density at radius 1 is 1.57 bits per heavy atom. The average molecular weight is 294 g/mol. The molecule has 1 aliphatic heterocycles. The average Bonchev–Trinajstić information content (AvgIpc) is 2.85. The van der Waals surface area contributed by atoms with Gasteiger partial charge in [-0.1, -0.05) is 0 Å². The standard InChI is InChI=1S/C15H26N4O2/c1-4-21-15(20)19-7-5-13(6-8-19)16-11(2)9-14-10-12(3)17-18-14/h10-11,13,16H,4-9H2,1-3H3,(H,17,18)/t11-/m0/s1. The molecule has 1 amide bonds. The number of aromatic amines is 1. The summed E-state index contributed by atoms with van der Waals surface area (Å²) in [6.45, 7) is 8.01. The lowest BCUT2D eigenvalue weighted by Gasteiger charge is -2.33. The molecule has 6 nitrogen and oxygen atoms in total. The maximum absolute atomic E-state index is 11.6. The molecule has 1 aromatic heterocycles. The van der Waals surface area contributed by atoms with Gasteiger partial charge in [-0.3, -0.25) is 5.10 Å². The van der Waals surface area contributed by atoms with E-state index in [1.807, 2.05) is 13.8 Å². The fourth-order valence-electron chi connectivity index (χ4n) is 2.80. The zero-order chi connectivity index (χ0) is 15.2. The van der Waals surface area contributed by atoms with Crippen LogP contribution in [-0.4, -0.2) is 53.0 Å². The summed E-state index contributed by atoms with van der Waals surface area (Å²) >= 11 is 0. The molecule has 0 aliphatic carbocycles. The van der Waals surface area contributed by atoms with Crippen molar-refractivity contribution in [3.8, 4) is 0 Å². The Kier molecular flexibility index (Phi) is 5.61. The first-order valence-electron chi connectivity index (χ1n) is 7.77. The van der Waals surface area contributed by atoms with Crippen molar-refractivity contribution in [1.82, 2.24) is 20.4 Å². The van der Waals surface area contributed by atoms with Crippen LogP contribution in [-0.2, 0) is 11.2 Å². The van der Waals surface area contributed by atoms with Crippen molar-refractivity contribution in [2.24, 2.45) is 0 Å². The first kappa shape index (κ1) is 15.8. The van der Waals surface area contributed by atoms with Crippen LogP contribution < -0.4 is 5.32 Å². The highest BCUT2D eigenvalue weighted by Crippen LogP contribution is 2.13. The van der Waals surface area contributed by atoms with Gasteiger partial charge >= 0.3 is 6.09 Å². The molecule has 21 heavy (non-hydrogen) atoms. The number of hydrogen-bond donors (Lipinski definition) is 2. The van der Waals surface area contributed by atoms with Crippen molar-refractivity contribution in [1.29, 1.82) is 0 Å². The van der Waals surface area contributed by atoms with Gasteiger partial charge in [-0.05, 0) is 39.7 Å². The Labute approximate surface area is 126 Å². The lowest BCUT2D eigenvalue weighted by Crippen LogP contribution is -2.47. The van der Waals surface area contributed by atoms with Crippen LogP contribution in [0.2, 0.25) is 0 Å². The number of amides is 1. The van der Waals surface area contributed by atoms with Gasteiger partial charge in [0.15, 0.2) is 0 Å². The van der Waals surface area contributed by atoms with Crippen LogP contribution in [0.4, 0.5) is 4.79 Å². The number of nitrogens with zero attached hydrogens (tertiary/aromatic N) is 2. The van der Waals surface area contributed by atoms with Gasteiger partial charge in [0.1, 0.15) is 0 Å². The summed E-state index contributed by atoms with van der Waals surface area (Å²) in [6, 6.07) is 2.93. The van der Waals surface area contributed by atoms with Gasteiger partial charge in [0, 0.05) is 37.3 Å². The molecule has 2 rings (SSSR count). The molecule has 0 unspecified atom stereocenters. The van der Waals surface area contributed by atoms with E-state index in [-0.39, 0.29) is 6.09 Å². The fraction of sp³-hybridized carbons (Fsp3) is 0.733. The molecule has 0 bridgehead atoms. The summed E-state index contributed by atoms with van der Waals surface area (Å²) in [5.41, 5.74) is 2.19. The van der Waals surface area contributed by atoms with E-state index < -0.39 is 0 Å². The molecule has 0 spiro atoms. The highest BCUT2D eigenvalue weighted by atomic mass is 16.6. The number of rotatable bonds is 5. The monoisotopic (exact) mass is 294 g/mol. The lowest BCUT2D eigenvalue weighted by atomic mass is 10.0. The van der Waals surface area contributed by atoms with Gasteiger partial charge in [-0.2, -0.15) is 5.10 Å². The van der Waals surface area contributed by atoms with Crippen LogP contribution in [0.3, 0.4) is 0 Å². The van der Waals surface area contributed by atoms with Crippen molar-refractivity contribution >= 4 is 6.09 Å². The summed E-state index contributed by atoms with van der Waals surface area (Å²) in [6.07, 6.45) is 2.68. The molecule has 1 aromatic rings. The molecular formula is C15H26N4O2. The highest BCUT2D eigenvalue weighted by molar-refractivity contribution is 5.67. The van der Waals surface area contributed by atoms with E-state index in [1.54, 1.807) is 4.90 Å². The molecule has 6 heteroatoms. The van der Waals surface area contributed by atoms with Crippen LogP contribution in [0, 0.1) is 6.92 Å². The SMILES string of the molecule is CCOC(=O)N1CCC(N[C@@H](C)Cc2cc(C)[nH]n2)CC1. The number of likely N-dealkylation sites (tertiary alicyclic amines) is 1. The van der Waals surface area contributed by atoms with Crippen LogP contribution in [0.1, 0.15) is 38.1 Å². The van der Waals surface area contributed by atoms with E-state index in [9.17, 15) is 4.79 Å². The largest absolute Gasteiger partial charge is 0.450 e. The summed E-state index contributed by atoms with van der Waals surface area (Å²) in [5, 5.41) is 10.9. The molecule has 2 N–H and O–H groups in total. The number of aryl methyl sites for hydroxylation is 1. The molecular weight excluding hydrogens is 268 g/mol. The van der Waals surface area contributed by atoms with Gasteiger partial charge in [-0.25, -0.2) is 4.79 Å². The topological polar surface area (TPSA) is 70.2 Å². The van der Waals surface area contributed by atoms with Gasteiger partial charge in [0.2, 0.25) is 0 Å². The molecule has 1 fully saturated rings. The van der Waals surface area contributed by atoms with Crippen molar-refractivity contribution < 1.29 is 9.53 Å². The smallest absolute Gasteiger partial charge is 0.409 e. The molecule has 1 atom stereocenters. The minimum atomic E-state index is -0.184. The highest BCUT2D eigenvalue weighted by Gasteiger charge is 2.24.